The van der Waals surface area contributed by atoms with Crippen molar-refractivity contribution in [3.8, 4) is 11.5 Å². The van der Waals surface area contributed by atoms with Crippen LogP contribution in [0.25, 0.3) is 0 Å². The number of amides is 1. The maximum atomic E-state index is 12.4. The molecule has 0 atom stereocenters. The largest absolute Gasteiger partial charge is 0.506 e. The van der Waals surface area contributed by atoms with Gasteiger partial charge in [0, 0.05) is 26.2 Å². The summed E-state index contributed by atoms with van der Waals surface area (Å²) in [5, 5.41) is 9.93. The van der Waals surface area contributed by atoms with Crippen molar-refractivity contribution in [1.82, 2.24) is 4.90 Å². The number of anilines is 1. The van der Waals surface area contributed by atoms with Crippen molar-refractivity contribution in [1.29, 1.82) is 0 Å². The minimum atomic E-state index is -2.86. The maximum absolute atomic E-state index is 12.4. The Labute approximate surface area is 150 Å². The van der Waals surface area contributed by atoms with Crippen LogP contribution in [-0.4, -0.2) is 48.7 Å². The number of aromatic hydroxyl groups is 1. The Morgan fingerprint density at radius 2 is 1.69 bits per heavy atom. The van der Waals surface area contributed by atoms with Crippen LogP contribution in [0.5, 0.6) is 11.5 Å². The second-order valence-corrected chi connectivity index (χ2v) is 6.06. The molecule has 0 saturated carbocycles. The van der Waals surface area contributed by atoms with Gasteiger partial charge < -0.3 is 19.6 Å². The Morgan fingerprint density at radius 3 is 2.31 bits per heavy atom. The molecule has 0 aliphatic carbocycles. The number of hydrogen-bond acceptors (Lipinski definition) is 4. The fourth-order valence-corrected chi connectivity index (χ4v) is 3.00. The van der Waals surface area contributed by atoms with Crippen LogP contribution in [0, 0.1) is 0 Å². The van der Waals surface area contributed by atoms with Gasteiger partial charge in [-0.25, -0.2) is 0 Å². The lowest BCUT2D eigenvalue weighted by Crippen LogP contribution is -2.49. The number of benzene rings is 2. The summed E-state index contributed by atoms with van der Waals surface area (Å²) in [5.41, 5.74) is 1.52. The third-order valence-corrected chi connectivity index (χ3v) is 4.36. The summed E-state index contributed by atoms with van der Waals surface area (Å²) in [4.78, 5) is 16.3. The monoisotopic (exact) mass is 362 g/mol. The number of carbonyl (C=O) groups excluding carboxylic acids is 1. The summed E-state index contributed by atoms with van der Waals surface area (Å²) in [6, 6.07) is 13.3. The normalized spacial score (nSPS) is 14.6. The van der Waals surface area contributed by atoms with Gasteiger partial charge in [-0.1, -0.05) is 24.3 Å². The molecule has 1 aliphatic rings. The topological polar surface area (TPSA) is 53.0 Å². The van der Waals surface area contributed by atoms with Gasteiger partial charge in [-0.2, -0.15) is 8.78 Å². The van der Waals surface area contributed by atoms with Gasteiger partial charge >= 0.3 is 6.61 Å². The number of hydrogen-bond donors (Lipinski definition) is 1. The molecule has 1 fully saturated rings. The van der Waals surface area contributed by atoms with E-state index in [1.165, 1.54) is 12.1 Å². The second kappa shape index (κ2) is 8.03. The van der Waals surface area contributed by atoms with E-state index in [4.69, 9.17) is 0 Å². The molecular formula is C19H20F2N2O3. The van der Waals surface area contributed by atoms with Crippen molar-refractivity contribution in [2.75, 3.05) is 31.1 Å². The zero-order valence-corrected chi connectivity index (χ0v) is 14.1. The maximum Gasteiger partial charge on any atom is 0.387 e. The molecule has 0 spiro atoms. The first-order valence-electron chi connectivity index (χ1n) is 8.37. The molecule has 1 heterocycles. The van der Waals surface area contributed by atoms with Gasteiger partial charge in [0.1, 0.15) is 11.5 Å². The lowest BCUT2D eigenvalue weighted by Gasteiger charge is -2.36. The van der Waals surface area contributed by atoms with Crippen molar-refractivity contribution in [2.24, 2.45) is 0 Å². The quantitative estimate of drug-likeness (QED) is 0.889. The fraction of sp³-hybridized carbons (Fsp3) is 0.316. The summed E-state index contributed by atoms with van der Waals surface area (Å²) in [5.74, 6) is 0.301. The van der Waals surface area contributed by atoms with E-state index in [1.807, 2.05) is 12.1 Å². The first kappa shape index (κ1) is 18.0. The number of ether oxygens (including phenoxy) is 1. The van der Waals surface area contributed by atoms with Crippen LogP contribution in [0.3, 0.4) is 0 Å². The van der Waals surface area contributed by atoms with Crippen LogP contribution < -0.4 is 9.64 Å². The Balaban J connectivity index is 1.53. The van der Waals surface area contributed by atoms with Crippen molar-refractivity contribution in [2.45, 2.75) is 13.0 Å². The molecule has 2 aromatic carbocycles. The Kier molecular flexibility index (Phi) is 5.55. The lowest BCUT2D eigenvalue weighted by atomic mass is 10.1. The van der Waals surface area contributed by atoms with Crippen LogP contribution in [0.2, 0.25) is 0 Å². The zero-order chi connectivity index (χ0) is 18.5. The first-order chi connectivity index (χ1) is 12.5. The number of alkyl halides is 2. The molecule has 1 N–H and O–H groups in total. The first-order valence-corrected chi connectivity index (χ1v) is 8.37. The van der Waals surface area contributed by atoms with Gasteiger partial charge in [-0.15, -0.1) is 0 Å². The van der Waals surface area contributed by atoms with E-state index >= 15 is 0 Å². The Bertz CT molecular complexity index is 745. The van der Waals surface area contributed by atoms with Gasteiger partial charge in [0.25, 0.3) is 0 Å². The molecule has 1 aliphatic heterocycles. The average molecular weight is 362 g/mol. The van der Waals surface area contributed by atoms with Crippen molar-refractivity contribution >= 4 is 11.6 Å². The number of halogens is 2. The van der Waals surface area contributed by atoms with Crippen LogP contribution in [0.4, 0.5) is 14.5 Å². The predicted molar refractivity (Wildman–Crippen MR) is 93.7 cm³/mol. The highest BCUT2D eigenvalue weighted by Crippen LogP contribution is 2.27. The standard InChI is InChI=1S/C19H20F2N2O3/c20-19(21)26-15-7-5-14(6-8-15)13-18(25)23-11-9-22(10-12-23)16-3-1-2-4-17(16)24/h1-8,19,24H,9-13H2. The third kappa shape index (κ3) is 4.41. The van der Waals surface area contributed by atoms with Crippen LogP contribution >= 0.6 is 0 Å². The Hall–Kier alpha value is -2.83. The zero-order valence-electron chi connectivity index (χ0n) is 14.1. The van der Waals surface area contributed by atoms with Crippen LogP contribution in [0.15, 0.2) is 48.5 Å². The van der Waals surface area contributed by atoms with Crippen molar-refractivity contribution in [3.63, 3.8) is 0 Å². The summed E-state index contributed by atoms with van der Waals surface area (Å²) >= 11 is 0. The highest BCUT2D eigenvalue weighted by atomic mass is 19.3. The summed E-state index contributed by atoms with van der Waals surface area (Å²) in [6.45, 7) is -0.433. The minimum Gasteiger partial charge on any atom is -0.506 e. The molecule has 2 aromatic rings. The van der Waals surface area contributed by atoms with E-state index in [0.29, 0.717) is 26.2 Å². The van der Waals surface area contributed by atoms with E-state index in [1.54, 1.807) is 29.2 Å². The van der Waals surface area contributed by atoms with Gasteiger partial charge in [0.2, 0.25) is 5.91 Å². The summed E-state index contributed by atoms with van der Waals surface area (Å²) in [7, 11) is 0. The molecule has 1 amide bonds. The van der Waals surface area contributed by atoms with Gasteiger partial charge in [-0.3, -0.25) is 4.79 Å². The molecule has 0 radical (unpaired) electrons. The number of para-hydroxylation sites is 2. The van der Waals surface area contributed by atoms with Crippen LogP contribution in [-0.2, 0) is 11.2 Å². The van der Waals surface area contributed by atoms with Gasteiger partial charge in [0.15, 0.2) is 0 Å². The predicted octanol–water partition coefficient (Wildman–Crippen LogP) is 2.88. The molecule has 26 heavy (non-hydrogen) atoms. The minimum absolute atomic E-state index is 0.00976. The molecule has 0 bridgehead atoms. The van der Waals surface area contributed by atoms with Gasteiger partial charge in [0.05, 0.1) is 12.1 Å². The van der Waals surface area contributed by atoms with E-state index in [9.17, 15) is 18.7 Å². The highest BCUT2D eigenvalue weighted by molar-refractivity contribution is 5.79. The third-order valence-electron chi connectivity index (χ3n) is 4.36. The molecule has 7 heteroatoms. The summed E-state index contributed by atoms with van der Waals surface area (Å²) < 4.78 is 28.6. The number of carbonyl (C=O) groups is 1. The van der Waals surface area contributed by atoms with Gasteiger partial charge in [-0.05, 0) is 29.8 Å². The average Bonchev–Trinajstić information content (AvgIpc) is 2.63. The molecule has 138 valence electrons. The van der Waals surface area contributed by atoms with Crippen molar-refractivity contribution < 1.29 is 23.4 Å². The molecular weight excluding hydrogens is 342 g/mol. The molecule has 5 nitrogen and oxygen atoms in total. The second-order valence-electron chi connectivity index (χ2n) is 6.06. The number of piperazine rings is 1. The number of nitrogens with zero attached hydrogens (tertiary/aromatic N) is 2. The smallest absolute Gasteiger partial charge is 0.387 e. The van der Waals surface area contributed by atoms with E-state index < -0.39 is 6.61 Å². The fourth-order valence-electron chi connectivity index (χ4n) is 3.00. The van der Waals surface area contributed by atoms with E-state index in [-0.39, 0.29) is 23.8 Å². The SMILES string of the molecule is O=C(Cc1ccc(OC(F)F)cc1)N1CCN(c2ccccc2O)CC1. The van der Waals surface area contributed by atoms with E-state index in [0.717, 1.165) is 11.3 Å². The van der Waals surface area contributed by atoms with Crippen LogP contribution in [0.1, 0.15) is 5.56 Å². The summed E-state index contributed by atoms with van der Waals surface area (Å²) in [6.07, 6.45) is 0.214. The molecule has 0 unspecified atom stereocenters. The lowest BCUT2D eigenvalue weighted by molar-refractivity contribution is -0.130. The number of phenolic OH excluding ortho intramolecular Hbond substituents is 1. The number of phenols is 1. The molecule has 0 aromatic heterocycles. The van der Waals surface area contributed by atoms with Crippen molar-refractivity contribution in [3.05, 3.63) is 54.1 Å². The molecule has 1 saturated heterocycles. The highest BCUT2D eigenvalue weighted by Gasteiger charge is 2.22. The Morgan fingerprint density at radius 1 is 1.04 bits per heavy atom. The number of rotatable bonds is 5. The van der Waals surface area contributed by atoms with E-state index in [2.05, 4.69) is 9.64 Å². The molecule has 3 rings (SSSR count).